The predicted molar refractivity (Wildman–Crippen MR) is 104 cm³/mol. The number of benzene rings is 1. The third-order valence-corrected chi connectivity index (χ3v) is 4.74. The molecule has 1 N–H and O–H groups in total. The van der Waals surface area contributed by atoms with Gasteiger partial charge < -0.3 is 15.0 Å². The number of ether oxygens (including phenoxy) is 1. The van der Waals surface area contributed by atoms with Crippen LogP contribution < -0.4 is 5.32 Å². The zero-order chi connectivity index (χ0) is 19.1. The van der Waals surface area contributed by atoms with Gasteiger partial charge in [-0.3, -0.25) is 9.69 Å². The smallest absolute Gasteiger partial charge is 0.409 e. The number of rotatable bonds is 6. The minimum Gasteiger partial charge on any atom is -0.450 e. The molecule has 1 fully saturated rings. The highest BCUT2D eigenvalue weighted by Crippen LogP contribution is 2.27. The maximum absolute atomic E-state index is 12.4. The average molecular weight is 361 g/mol. The largest absolute Gasteiger partial charge is 0.450 e. The first kappa shape index (κ1) is 20.2. The lowest BCUT2D eigenvalue weighted by molar-refractivity contribution is -0.116. The van der Waals surface area contributed by atoms with E-state index in [0.717, 1.165) is 24.3 Å². The van der Waals surface area contributed by atoms with Crippen LogP contribution in [0.3, 0.4) is 0 Å². The Morgan fingerprint density at radius 2 is 1.88 bits per heavy atom. The van der Waals surface area contributed by atoms with Crippen molar-refractivity contribution in [3.05, 3.63) is 29.3 Å². The predicted octanol–water partition coefficient (Wildman–Crippen LogP) is 3.22. The van der Waals surface area contributed by atoms with E-state index >= 15 is 0 Å². The summed E-state index contributed by atoms with van der Waals surface area (Å²) in [6.07, 6.45) is 0.205. The fourth-order valence-electron chi connectivity index (χ4n) is 3.17. The van der Waals surface area contributed by atoms with Crippen molar-refractivity contribution in [2.75, 3.05) is 44.6 Å². The van der Waals surface area contributed by atoms with E-state index in [1.54, 1.807) is 4.90 Å². The Kier molecular flexibility index (Phi) is 7.45. The second-order valence-corrected chi connectivity index (χ2v) is 7.02. The molecule has 1 aliphatic heterocycles. The highest BCUT2D eigenvalue weighted by molar-refractivity contribution is 5.92. The molecule has 1 saturated heterocycles. The van der Waals surface area contributed by atoms with Crippen molar-refractivity contribution in [2.45, 2.75) is 40.0 Å². The fourth-order valence-corrected chi connectivity index (χ4v) is 3.17. The SMILES string of the molecule is CCOC(=O)N1CCN(CCC(=O)Nc2c(C)cccc2C(C)C)CC1. The Balaban J connectivity index is 1.81. The summed E-state index contributed by atoms with van der Waals surface area (Å²) in [5.41, 5.74) is 3.20. The van der Waals surface area contributed by atoms with Crippen LogP contribution in [0.1, 0.15) is 44.2 Å². The molecule has 1 aliphatic rings. The molecule has 1 heterocycles. The molecule has 6 nitrogen and oxygen atoms in total. The Bertz CT molecular complexity index is 623. The molecule has 0 bridgehead atoms. The number of para-hydroxylation sites is 1. The maximum Gasteiger partial charge on any atom is 0.409 e. The molecule has 2 rings (SSSR count). The van der Waals surface area contributed by atoms with Crippen LogP contribution in [0.2, 0.25) is 0 Å². The fraction of sp³-hybridized carbons (Fsp3) is 0.600. The minimum absolute atomic E-state index is 0.0361. The summed E-state index contributed by atoms with van der Waals surface area (Å²) >= 11 is 0. The Morgan fingerprint density at radius 3 is 2.50 bits per heavy atom. The van der Waals surface area contributed by atoms with Crippen LogP contribution >= 0.6 is 0 Å². The molecule has 0 spiro atoms. The molecular weight excluding hydrogens is 330 g/mol. The van der Waals surface area contributed by atoms with Crippen molar-refractivity contribution in [1.29, 1.82) is 0 Å². The molecule has 1 aromatic carbocycles. The van der Waals surface area contributed by atoms with Gasteiger partial charge in [0, 0.05) is 44.8 Å². The Hall–Kier alpha value is -2.08. The van der Waals surface area contributed by atoms with E-state index in [1.165, 1.54) is 5.56 Å². The second-order valence-electron chi connectivity index (χ2n) is 7.02. The van der Waals surface area contributed by atoms with Gasteiger partial charge in [0.25, 0.3) is 0 Å². The standard InChI is InChI=1S/C20H31N3O3/c1-5-26-20(25)23-13-11-22(12-14-23)10-9-18(24)21-19-16(4)7-6-8-17(19)15(2)3/h6-8,15H,5,9-14H2,1-4H3,(H,21,24). The quantitative estimate of drug-likeness (QED) is 0.845. The normalized spacial score (nSPS) is 15.2. The number of amides is 2. The lowest BCUT2D eigenvalue weighted by atomic mass is 9.98. The number of nitrogens with one attached hydrogen (secondary N) is 1. The van der Waals surface area contributed by atoms with E-state index in [1.807, 2.05) is 26.0 Å². The first-order chi connectivity index (χ1) is 12.4. The van der Waals surface area contributed by atoms with Crippen LogP contribution in [-0.4, -0.2) is 61.1 Å². The van der Waals surface area contributed by atoms with Gasteiger partial charge in [0.1, 0.15) is 0 Å². The topological polar surface area (TPSA) is 61.9 Å². The van der Waals surface area contributed by atoms with Crippen molar-refractivity contribution in [3.63, 3.8) is 0 Å². The van der Waals surface area contributed by atoms with E-state index in [4.69, 9.17) is 4.74 Å². The van der Waals surface area contributed by atoms with Gasteiger partial charge in [-0.1, -0.05) is 32.0 Å². The van der Waals surface area contributed by atoms with Crippen molar-refractivity contribution >= 4 is 17.7 Å². The van der Waals surface area contributed by atoms with E-state index in [9.17, 15) is 9.59 Å². The molecule has 0 aromatic heterocycles. The number of carbonyl (C=O) groups excluding carboxylic acids is 2. The number of anilines is 1. The van der Waals surface area contributed by atoms with Crippen molar-refractivity contribution < 1.29 is 14.3 Å². The van der Waals surface area contributed by atoms with Gasteiger partial charge in [-0.05, 0) is 30.9 Å². The summed E-state index contributed by atoms with van der Waals surface area (Å²) in [5.74, 6) is 0.398. The Labute approximate surface area is 156 Å². The van der Waals surface area contributed by atoms with Gasteiger partial charge in [-0.2, -0.15) is 0 Å². The molecule has 26 heavy (non-hydrogen) atoms. The van der Waals surface area contributed by atoms with E-state index < -0.39 is 0 Å². The summed E-state index contributed by atoms with van der Waals surface area (Å²) < 4.78 is 5.03. The number of piperazine rings is 1. The monoisotopic (exact) mass is 361 g/mol. The average Bonchev–Trinajstić information content (AvgIpc) is 2.62. The van der Waals surface area contributed by atoms with Crippen LogP contribution in [0, 0.1) is 6.92 Å². The van der Waals surface area contributed by atoms with Gasteiger partial charge in [-0.15, -0.1) is 0 Å². The van der Waals surface area contributed by atoms with E-state index in [2.05, 4.69) is 30.1 Å². The van der Waals surface area contributed by atoms with Crippen molar-refractivity contribution in [2.24, 2.45) is 0 Å². The number of aryl methyl sites for hydroxylation is 1. The zero-order valence-electron chi connectivity index (χ0n) is 16.4. The highest BCUT2D eigenvalue weighted by atomic mass is 16.6. The summed E-state index contributed by atoms with van der Waals surface area (Å²) in [6, 6.07) is 6.13. The lowest BCUT2D eigenvalue weighted by Crippen LogP contribution is -2.49. The minimum atomic E-state index is -0.245. The van der Waals surface area contributed by atoms with Crippen molar-refractivity contribution in [1.82, 2.24) is 9.80 Å². The lowest BCUT2D eigenvalue weighted by Gasteiger charge is -2.33. The molecule has 6 heteroatoms. The van der Waals surface area contributed by atoms with Crippen LogP contribution in [0.4, 0.5) is 10.5 Å². The van der Waals surface area contributed by atoms with E-state index in [-0.39, 0.29) is 12.0 Å². The summed E-state index contributed by atoms with van der Waals surface area (Å²) in [6.45, 7) is 12.0. The molecule has 1 aromatic rings. The highest BCUT2D eigenvalue weighted by Gasteiger charge is 2.22. The molecule has 2 amide bonds. The third-order valence-electron chi connectivity index (χ3n) is 4.74. The van der Waals surface area contributed by atoms with Crippen LogP contribution in [0.15, 0.2) is 18.2 Å². The van der Waals surface area contributed by atoms with Gasteiger partial charge in [0.2, 0.25) is 5.91 Å². The number of nitrogens with zero attached hydrogens (tertiary/aromatic N) is 2. The zero-order valence-corrected chi connectivity index (χ0v) is 16.4. The first-order valence-electron chi connectivity index (χ1n) is 9.45. The number of hydrogen-bond acceptors (Lipinski definition) is 4. The first-order valence-corrected chi connectivity index (χ1v) is 9.45. The van der Waals surface area contributed by atoms with E-state index in [0.29, 0.717) is 38.6 Å². The molecule has 0 atom stereocenters. The number of hydrogen-bond donors (Lipinski definition) is 1. The molecule has 144 valence electrons. The van der Waals surface area contributed by atoms with Crippen LogP contribution in [0.5, 0.6) is 0 Å². The molecule has 0 unspecified atom stereocenters. The summed E-state index contributed by atoms with van der Waals surface area (Å²) in [5, 5.41) is 3.09. The molecule has 0 aliphatic carbocycles. The summed E-state index contributed by atoms with van der Waals surface area (Å²) in [4.78, 5) is 28.1. The molecule has 0 saturated carbocycles. The summed E-state index contributed by atoms with van der Waals surface area (Å²) in [7, 11) is 0. The molecule has 0 radical (unpaired) electrons. The van der Waals surface area contributed by atoms with Gasteiger partial charge >= 0.3 is 6.09 Å². The van der Waals surface area contributed by atoms with Gasteiger partial charge in [0.05, 0.1) is 6.61 Å². The van der Waals surface area contributed by atoms with Crippen molar-refractivity contribution in [3.8, 4) is 0 Å². The molecular formula is C20H31N3O3. The number of carbonyl (C=O) groups is 2. The Morgan fingerprint density at radius 1 is 1.19 bits per heavy atom. The second kappa shape index (κ2) is 9.57. The van der Waals surface area contributed by atoms with Crippen LogP contribution in [0.25, 0.3) is 0 Å². The van der Waals surface area contributed by atoms with Crippen LogP contribution in [-0.2, 0) is 9.53 Å². The maximum atomic E-state index is 12.4. The van der Waals surface area contributed by atoms with Gasteiger partial charge in [0.15, 0.2) is 0 Å². The van der Waals surface area contributed by atoms with Gasteiger partial charge in [-0.25, -0.2) is 4.79 Å². The third kappa shape index (κ3) is 5.46.